The van der Waals surface area contributed by atoms with Crippen LogP contribution in [-0.2, 0) is 7.05 Å². The lowest BCUT2D eigenvalue weighted by atomic mass is 10.2. The van der Waals surface area contributed by atoms with Crippen LogP contribution in [0.1, 0.15) is 24.5 Å². The summed E-state index contributed by atoms with van der Waals surface area (Å²) in [5.74, 6) is 0.281. The van der Waals surface area contributed by atoms with Gasteiger partial charge in [-0.3, -0.25) is 4.79 Å². The van der Waals surface area contributed by atoms with Crippen molar-refractivity contribution in [3.8, 4) is 0 Å². The standard InChI is InChI=1S/C11H20N4OS/c1-11(2,17)8-12-4-5-14-10(16)9-13-6-7-15(9)3/h6-7,12,17H,4-5,8H2,1-3H3,(H,14,16). The van der Waals surface area contributed by atoms with Crippen LogP contribution in [0, 0.1) is 0 Å². The zero-order valence-electron chi connectivity index (χ0n) is 10.5. The normalized spacial score (nSPS) is 11.5. The minimum Gasteiger partial charge on any atom is -0.348 e. The van der Waals surface area contributed by atoms with Crippen molar-refractivity contribution < 1.29 is 4.79 Å². The number of carbonyl (C=O) groups is 1. The van der Waals surface area contributed by atoms with Crippen LogP contribution in [0.3, 0.4) is 0 Å². The Morgan fingerprint density at radius 3 is 2.76 bits per heavy atom. The second kappa shape index (κ2) is 6.07. The number of imidazole rings is 1. The monoisotopic (exact) mass is 256 g/mol. The number of amides is 1. The number of aromatic nitrogens is 2. The molecule has 0 aliphatic rings. The summed E-state index contributed by atoms with van der Waals surface area (Å²) in [6.07, 6.45) is 3.35. The van der Waals surface area contributed by atoms with Crippen LogP contribution in [0.25, 0.3) is 0 Å². The van der Waals surface area contributed by atoms with Crippen LogP contribution in [0.15, 0.2) is 12.4 Å². The number of aryl methyl sites for hydroxylation is 1. The molecule has 0 aliphatic carbocycles. The summed E-state index contributed by atoms with van der Waals surface area (Å²) < 4.78 is 1.66. The van der Waals surface area contributed by atoms with Gasteiger partial charge in [0.05, 0.1) is 0 Å². The van der Waals surface area contributed by atoms with Gasteiger partial charge in [-0.25, -0.2) is 4.98 Å². The fourth-order valence-electron chi connectivity index (χ4n) is 1.32. The van der Waals surface area contributed by atoms with Crippen LogP contribution in [0.2, 0.25) is 0 Å². The Morgan fingerprint density at radius 1 is 1.53 bits per heavy atom. The molecule has 0 saturated carbocycles. The van der Waals surface area contributed by atoms with Gasteiger partial charge in [-0.2, -0.15) is 12.6 Å². The van der Waals surface area contributed by atoms with E-state index in [2.05, 4.69) is 28.2 Å². The predicted molar refractivity (Wildman–Crippen MR) is 71.5 cm³/mol. The highest BCUT2D eigenvalue weighted by molar-refractivity contribution is 7.81. The van der Waals surface area contributed by atoms with Crippen LogP contribution >= 0.6 is 12.6 Å². The molecular weight excluding hydrogens is 236 g/mol. The summed E-state index contributed by atoms with van der Waals surface area (Å²) in [7, 11) is 1.80. The molecule has 6 heteroatoms. The van der Waals surface area contributed by atoms with Crippen molar-refractivity contribution in [2.24, 2.45) is 7.05 Å². The van der Waals surface area contributed by atoms with E-state index in [0.717, 1.165) is 13.1 Å². The molecule has 2 N–H and O–H groups in total. The van der Waals surface area contributed by atoms with Crippen molar-refractivity contribution in [3.05, 3.63) is 18.2 Å². The number of nitrogens with one attached hydrogen (secondary N) is 2. The molecule has 1 aromatic rings. The minimum atomic E-state index is -0.149. The molecular formula is C11H20N4OS. The fraction of sp³-hybridized carbons (Fsp3) is 0.636. The van der Waals surface area contributed by atoms with Crippen molar-refractivity contribution in [3.63, 3.8) is 0 Å². The van der Waals surface area contributed by atoms with E-state index in [4.69, 9.17) is 0 Å². The molecule has 0 aliphatic heterocycles. The molecule has 17 heavy (non-hydrogen) atoms. The number of rotatable bonds is 6. The van der Waals surface area contributed by atoms with Gasteiger partial charge < -0.3 is 15.2 Å². The highest BCUT2D eigenvalue weighted by atomic mass is 32.1. The highest BCUT2D eigenvalue weighted by Crippen LogP contribution is 2.08. The van der Waals surface area contributed by atoms with Gasteiger partial charge in [-0.05, 0) is 13.8 Å². The van der Waals surface area contributed by atoms with Crippen LogP contribution < -0.4 is 10.6 Å². The molecule has 0 atom stereocenters. The number of hydrogen-bond donors (Lipinski definition) is 3. The van der Waals surface area contributed by atoms with Gasteiger partial charge in [0.2, 0.25) is 0 Å². The highest BCUT2D eigenvalue weighted by Gasteiger charge is 2.11. The largest absolute Gasteiger partial charge is 0.348 e. The third kappa shape index (κ3) is 5.23. The summed E-state index contributed by atoms with van der Waals surface area (Å²) in [6, 6.07) is 0. The Hall–Kier alpha value is -1.01. The van der Waals surface area contributed by atoms with Gasteiger partial charge in [-0.1, -0.05) is 0 Å². The average molecular weight is 256 g/mol. The van der Waals surface area contributed by atoms with Crippen molar-refractivity contribution in [1.29, 1.82) is 0 Å². The summed E-state index contributed by atoms with van der Waals surface area (Å²) in [6.45, 7) is 6.18. The molecule has 96 valence electrons. The number of thiol groups is 1. The molecule has 0 bridgehead atoms. The molecule has 0 radical (unpaired) electrons. The molecule has 0 fully saturated rings. The molecule has 1 aromatic heterocycles. The van der Waals surface area contributed by atoms with Gasteiger partial charge >= 0.3 is 0 Å². The third-order valence-electron chi connectivity index (χ3n) is 2.17. The Kier molecular flexibility index (Phi) is 5.02. The van der Waals surface area contributed by atoms with Gasteiger partial charge in [0.25, 0.3) is 5.91 Å². The maximum atomic E-state index is 11.6. The number of carbonyl (C=O) groups excluding carboxylic acids is 1. The first kappa shape index (κ1) is 14.1. The lowest BCUT2D eigenvalue weighted by Crippen LogP contribution is -2.37. The van der Waals surface area contributed by atoms with E-state index >= 15 is 0 Å². The third-order valence-corrected chi connectivity index (χ3v) is 2.33. The van der Waals surface area contributed by atoms with E-state index < -0.39 is 0 Å². The summed E-state index contributed by atoms with van der Waals surface area (Å²) in [5.41, 5.74) is 0. The lowest BCUT2D eigenvalue weighted by Gasteiger charge is -2.17. The van der Waals surface area contributed by atoms with E-state index in [1.807, 2.05) is 13.8 Å². The van der Waals surface area contributed by atoms with E-state index in [1.54, 1.807) is 24.0 Å². The first-order valence-corrected chi connectivity index (χ1v) is 6.03. The fourth-order valence-corrected chi connectivity index (χ4v) is 1.43. The topological polar surface area (TPSA) is 59.0 Å². The van der Waals surface area contributed by atoms with Crippen LogP contribution in [0.4, 0.5) is 0 Å². The smallest absolute Gasteiger partial charge is 0.287 e. The quantitative estimate of drug-likeness (QED) is 0.511. The average Bonchev–Trinajstić information content (AvgIpc) is 2.62. The van der Waals surface area contributed by atoms with Crippen LogP contribution in [-0.4, -0.2) is 39.8 Å². The minimum absolute atomic E-state index is 0.0380. The molecule has 0 spiro atoms. The lowest BCUT2D eigenvalue weighted by molar-refractivity contribution is 0.0940. The van der Waals surface area contributed by atoms with E-state index in [9.17, 15) is 4.79 Å². The summed E-state index contributed by atoms with van der Waals surface area (Å²) in [4.78, 5) is 15.6. The van der Waals surface area contributed by atoms with Crippen molar-refractivity contribution in [1.82, 2.24) is 20.2 Å². The van der Waals surface area contributed by atoms with Crippen molar-refractivity contribution in [2.45, 2.75) is 18.6 Å². The Labute approximate surface area is 107 Å². The van der Waals surface area contributed by atoms with Crippen molar-refractivity contribution in [2.75, 3.05) is 19.6 Å². The molecule has 1 amide bonds. The van der Waals surface area contributed by atoms with Crippen molar-refractivity contribution >= 4 is 18.5 Å². The number of hydrogen-bond acceptors (Lipinski definition) is 4. The Balaban J connectivity index is 2.20. The molecule has 1 heterocycles. The van der Waals surface area contributed by atoms with Crippen LogP contribution in [0.5, 0.6) is 0 Å². The van der Waals surface area contributed by atoms with Gasteiger partial charge in [0.1, 0.15) is 0 Å². The Morgan fingerprint density at radius 2 is 2.24 bits per heavy atom. The predicted octanol–water partition coefficient (Wildman–Crippen LogP) is 0.448. The molecule has 0 saturated heterocycles. The summed E-state index contributed by atoms with van der Waals surface area (Å²) in [5, 5.41) is 6.02. The number of nitrogens with zero attached hydrogens (tertiary/aromatic N) is 2. The zero-order chi connectivity index (χ0) is 12.9. The van der Waals surface area contributed by atoms with Gasteiger partial charge in [-0.15, -0.1) is 0 Å². The summed E-state index contributed by atoms with van der Waals surface area (Å²) >= 11 is 4.40. The SMILES string of the molecule is Cn1ccnc1C(=O)NCCNCC(C)(C)S. The molecule has 5 nitrogen and oxygen atoms in total. The maximum absolute atomic E-state index is 11.6. The van der Waals surface area contributed by atoms with Gasteiger partial charge in [0, 0.05) is 43.8 Å². The maximum Gasteiger partial charge on any atom is 0.287 e. The zero-order valence-corrected chi connectivity index (χ0v) is 11.4. The first-order chi connectivity index (χ1) is 7.90. The van der Waals surface area contributed by atoms with Gasteiger partial charge in [0.15, 0.2) is 5.82 Å². The molecule has 0 unspecified atom stereocenters. The van der Waals surface area contributed by atoms with E-state index in [0.29, 0.717) is 12.4 Å². The van der Waals surface area contributed by atoms with E-state index in [1.165, 1.54) is 0 Å². The molecule has 0 aromatic carbocycles. The second-order valence-electron chi connectivity index (χ2n) is 4.61. The van der Waals surface area contributed by atoms with E-state index in [-0.39, 0.29) is 10.7 Å². The Bertz CT molecular complexity index is 370. The second-order valence-corrected chi connectivity index (χ2v) is 5.82. The first-order valence-electron chi connectivity index (χ1n) is 5.59. The molecule has 1 rings (SSSR count).